The summed E-state index contributed by atoms with van der Waals surface area (Å²) in [5.74, 6) is -0.370. The monoisotopic (exact) mass is 391 g/mol. The minimum atomic E-state index is -0.511. The number of carbonyl (C=O) groups is 2. The smallest absolute Gasteiger partial charge is 0.242 e. The van der Waals surface area contributed by atoms with Crippen LogP contribution in [0.5, 0.6) is 0 Å². The summed E-state index contributed by atoms with van der Waals surface area (Å²) in [6.07, 6.45) is 5.80. The third-order valence-corrected chi connectivity index (χ3v) is 3.15. The molecule has 0 spiro atoms. The van der Waals surface area contributed by atoms with E-state index in [1.807, 2.05) is 27.7 Å². The molecule has 1 unspecified atom stereocenters. The van der Waals surface area contributed by atoms with E-state index in [-0.39, 0.29) is 24.8 Å². The first-order chi connectivity index (χ1) is 13.1. The average Bonchev–Trinajstić information content (AvgIpc) is 2.71. The molecular weight excluding hydrogens is 342 g/mol. The van der Waals surface area contributed by atoms with Gasteiger partial charge in [0.2, 0.25) is 11.8 Å². The molecule has 0 fully saturated rings. The molecule has 166 valence electrons. The van der Waals surface area contributed by atoms with Gasteiger partial charge in [0.25, 0.3) is 0 Å². The lowest BCUT2D eigenvalue weighted by molar-refractivity contribution is -0.129. The molecule has 0 heterocycles. The summed E-state index contributed by atoms with van der Waals surface area (Å²) in [6, 6.07) is -0.511. The second-order valence-corrected chi connectivity index (χ2v) is 5.38. The zero-order chi connectivity index (χ0) is 21.9. The average molecular weight is 392 g/mol. The third kappa shape index (κ3) is 29.8. The van der Waals surface area contributed by atoms with Crippen LogP contribution in [0.15, 0.2) is 0 Å². The molecule has 0 saturated heterocycles. The molecule has 0 aliphatic rings. The standard InChI is InChI=1S/C12H27N5O2.C4H10.2C2H6/c13-6-2-1-4-10(17-11(18)5-8-15)12(19)16-9-3-7-14;1-3-4-2;2*1-2/h10H,1-9,13-15H2,(H,16,19)(H,17,18);3-4H2,1-2H3;2*1-2H3. The van der Waals surface area contributed by atoms with Crippen LogP contribution >= 0.6 is 0 Å². The van der Waals surface area contributed by atoms with Crippen molar-refractivity contribution in [3.63, 3.8) is 0 Å². The number of unbranched alkanes of at least 4 members (excludes halogenated alkanes) is 2. The van der Waals surface area contributed by atoms with Crippen molar-refractivity contribution in [1.29, 1.82) is 0 Å². The van der Waals surface area contributed by atoms with E-state index in [0.717, 1.165) is 19.3 Å². The summed E-state index contributed by atoms with van der Waals surface area (Å²) in [5, 5.41) is 5.46. The summed E-state index contributed by atoms with van der Waals surface area (Å²) < 4.78 is 0. The molecule has 0 bridgehead atoms. The van der Waals surface area contributed by atoms with Crippen molar-refractivity contribution in [2.24, 2.45) is 17.2 Å². The maximum absolute atomic E-state index is 11.9. The van der Waals surface area contributed by atoms with Gasteiger partial charge >= 0.3 is 0 Å². The highest BCUT2D eigenvalue weighted by atomic mass is 16.2. The number of amides is 2. The summed E-state index contributed by atoms with van der Waals surface area (Å²) in [6.45, 7) is 14.3. The number of carbonyl (C=O) groups excluding carboxylic acids is 2. The van der Waals surface area contributed by atoms with E-state index in [9.17, 15) is 9.59 Å². The summed E-state index contributed by atoms with van der Waals surface area (Å²) in [4.78, 5) is 23.4. The predicted octanol–water partition coefficient (Wildman–Crippen LogP) is 2.27. The first kappa shape index (κ1) is 33.4. The molecule has 0 radical (unpaired) electrons. The van der Waals surface area contributed by atoms with Crippen LogP contribution in [-0.4, -0.2) is 44.0 Å². The lowest BCUT2D eigenvalue weighted by Gasteiger charge is -2.18. The maximum Gasteiger partial charge on any atom is 0.242 e. The fourth-order valence-corrected chi connectivity index (χ4v) is 1.60. The van der Waals surface area contributed by atoms with Gasteiger partial charge in [0.15, 0.2) is 0 Å². The molecular formula is C20H49N5O2. The van der Waals surface area contributed by atoms with Gasteiger partial charge in [-0.15, -0.1) is 0 Å². The largest absolute Gasteiger partial charge is 0.354 e. The quantitative estimate of drug-likeness (QED) is 0.325. The highest BCUT2D eigenvalue weighted by Gasteiger charge is 2.19. The summed E-state index contributed by atoms with van der Waals surface area (Å²) in [5.41, 5.74) is 16.1. The molecule has 2 amide bonds. The third-order valence-electron chi connectivity index (χ3n) is 3.15. The molecule has 0 aliphatic heterocycles. The van der Waals surface area contributed by atoms with Crippen molar-refractivity contribution < 1.29 is 9.59 Å². The highest BCUT2D eigenvalue weighted by molar-refractivity contribution is 5.87. The normalized spacial score (nSPS) is 9.96. The number of nitrogens with one attached hydrogen (secondary N) is 2. The second kappa shape index (κ2) is 32.5. The number of rotatable bonds is 12. The van der Waals surface area contributed by atoms with Crippen LogP contribution in [0.4, 0.5) is 0 Å². The first-order valence-corrected chi connectivity index (χ1v) is 10.7. The molecule has 8 N–H and O–H groups in total. The molecule has 27 heavy (non-hydrogen) atoms. The Morgan fingerprint density at radius 2 is 1.33 bits per heavy atom. The second-order valence-electron chi connectivity index (χ2n) is 5.38. The summed E-state index contributed by atoms with van der Waals surface area (Å²) >= 11 is 0. The Morgan fingerprint density at radius 1 is 0.815 bits per heavy atom. The molecule has 0 rings (SSSR count). The van der Waals surface area contributed by atoms with E-state index < -0.39 is 6.04 Å². The number of hydrogen-bond donors (Lipinski definition) is 5. The molecule has 1 atom stereocenters. The first-order valence-electron chi connectivity index (χ1n) is 10.7. The summed E-state index contributed by atoms with van der Waals surface area (Å²) in [7, 11) is 0. The Kier molecular flexibility index (Phi) is 40.2. The molecule has 0 aliphatic carbocycles. The van der Waals surface area contributed by atoms with E-state index >= 15 is 0 Å². The van der Waals surface area contributed by atoms with Crippen molar-refractivity contribution in [2.75, 3.05) is 26.2 Å². The van der Waals surface area contributed by atoms with E-state index in [2.05, 4.69) is 24.5 Å². The minimum absolute atomic E-state index is 0.171. The Labute approximate surface area is 168 Å². The van der Waals surface area contributed by atoms with Gasteiger partial charge in [0.1, 0.15) is 6.04 Å². The van der Waals surface area contributed by atoms with Gasteiger partial charge < -0.3 is 27.8 Å². The van der Waals surface area contributed by atoms with Gasteiger partial charge in [0.05, 0.1) is 0 Å². The van der Waals surface area contributed by atoms with Crippen molar-refractivity contribution in [3.05, 3.63) is 0 Å². The van der Waals surface area contributed by atoms with Gasteiger partial charge in [-0.2, -0.15) is 0 Å². The van der Waals surface area contributed by atoms with Gasteiger partial charge in [-0.25, -0.2) is 0 Å². The Morgan fingerprint density at radius 3 is 1.74 bits per heavy atom. The minimum Gasteiger partial charge on any atom is -0.354 e. The number of nitrogens with two attached hydrogens (primary N) is 3. The van der Waals surface area contributed by atoms with Crippen LogP contribution in [-0.2, 0) is 9.59 Å². The molecule has 0 aromatic carbocycles. The van der Waals surface area contributed by atoms with Gasteiger partial charge in [-0.3, -0.25) is 9.59 Å². The molecule has 0 saturated carbocycles. The predicted molar refractivity (Wildman–Crippen MR) is 118 cm³/mol. The van der Waals surface area contributed by atoms with Crippen molar-refractivity contribution in [1.82, 2.24) is 10.6 Å². The van der Waals surface area contributed by atoms with Gasteiger partial charge in [-0.1, -0.05) is 54.4 Å². The number of hydrogen-bond acceptors (Lipinski definition) is 5. The SMILES string of the molecule is CC.CC.CCCC.NCCCCC(NC(=O)CCN)C(=O)NCCCN. The van der Waals surface area contributed by atoms with E-state index in [1.54, 1.807) is 0 Å². The Bertz CT molecular complexity index is 288. The van der Waals surface area contributed by atoms with E-state index in [4.69, 9.17) is 17.2 Å². The lowest BCUT2D eigenvalue weighted by Crippen LogP contribution is -2.47. The van der Waals surface area contributed by atoms with Crippen LogP contribution < -0.4 is 27.8 Å². The highest BCUT2D eigenvalue weighted by Crippen LogP contribution is 2.01. The zero-order valence-corrected chi connectivity index (χ0v) is 18.9. The van der Waals surface area contributed by atoms with Crippen LogP contribution in [0.25, 0.3) is 0 Å². The molecule has 0 aromatic rings. The van der Waals surface area contributed by atoms with E-state index in [0.29, 0.717) is 26.1 Å². The topological polar surface area (TPSA) is 136 Å². The van der Waals surface area contributed by atoms with Crippen molar-refractivity contribution >= 4 is 11.8 Å². The van der Waals surface area contributed by atoms with Crippen molar-refractivity contribution in [3.8, 4) is 0 Å². The molecule has 7 heteroatoms. The van der Waals surface area contributed by atoms with Gasteiger partial charge in [0, 0.05) is 19.5 Å². The van der Waals surface area contributed by atoms with Crippen LogP contribution in [0.1, 0.15) is 86.5 Å². The fourth-order valence-electron chi connectivity index (χ4n) is 1.60. The van der Waals surface area contributed by atoms with Crippen molar-refractivity contribution in [2.45, 2.75) is 92.5 Å². The lowest BCUT2D eigenvalue weighted by atomic mass is 10.1. The fraction of sp³-hybridized carbons (Fsp3) is 0.900. The maximum atomic E-state index is 11.9. The van der Waals surface area contributed by atoms with Crippen LogP contribution in [0.2, 0.25) is 0 Å². The van der Waals surface area contributed by atoms with Crippen LogP contribution in [0.3, 0.4) is 0 Å². The Hall–Kier alpha value is -1.18. The van der Waals surface area contributed by atoms with Crippen LogP contribution in [0, 0.1) is 0 Å². The zero-order valence-electron chi connectivity index (χ0n) is 18.9. The molecule has 7 nitrogen and oxygen atoms in total. The van der Waals surface area contributed by atoms with Gasteiger partial charge in [-0.05, 0) is 38.8 Å². The Balaban J connectivity index is -0.000000283. The molecule has 0 aromatic heterocycles. The van der Waals surface area contributed by atoms with E-state index in [1.165, 1.54) is 12.8 Å².